The maximum absolute atomic E-state index is 12.2. The SMILES string of the molecule is COc1cc(C(=O)NC2CCC(C(N)=O)CC2)ccc1N. The predicted molar refractivity (Wildman–Crippen MR) is 79.8 cm³/mol. The first kappa shape index (κ1) is 15.2. The minimum atomic E-state index is -0.247. The summed E-state index contributed by atoms with van der Waals surface area (Å²) >= 11 is 0. The maximum Gasteiger partial charge on any atom is 0.251 e. The van der Waals surface area contributed by atoms with Gasteiger partial charge in [0.05, 0.1) is 12.8 Å². The van der Waals surface area contributed by atoms with E-state index in [9.17, 15) is 9.59 Å². The van der Waals surface area contributed by atoms with Crippen molar-refractivity contribution in [3.05, 3.63) is 23.8 Å². The third-order valence-corrected chi connectivity index (χ3v) is 3.96. The summed E-state index contributed by atoms with van der Waals surface area (Å²) < 4.78 is 5.11. The van der Waals surface area contributed by atoms with Crippen molar-refractivity contribution in [3.8, 4) is 5.75 Å². The van der Waals surface area contributed by atoms with Crippen molar-refractivity contribution in [2.45, 2.75) is 31.7 Å². The topological polar surface area (TPSA) is 107 Å². The molecule has 0 unspecified atom stereocenters. The first-order chi connectivity index (χ1) is 10.0. The number of rotatable bonds is 4. The van der Waals surface area contributed by atoms with Crippen LogP contribution in [0, 0.1) is 5.92 Å². The number of amides is 2. The molecule has 1 aliphatic rings. The van der Waals surface area contributed by atoms with Gasteiger partial charge in [-0.3, -0.25) is 9.59 Å². The summed E-state index contributed by atoms with van der Waals surface area (Å²) in [6, 6.07) is 5.02. The van der Waals surface area contributed by atoms with E-state index >= 15 is 0 Å². The first-order valence-corrected chi connectivity index (χ1v) is 7.05. The molecule has 0 atom stereocenters. The van der Waals surface area contributed by atoms with Crippen LogP contribution in [0.2, 0.25) is 0 Å². The molecule has 1 aromatic rings. The molecule has 0 heterocycles. The Morgan fingerprint density at radius 1 is 1.24 bits per heavy atom. The third kappa shape index (κ3) is 3.65. The molecule has 6 heteroatoms. The Balaban J connectivity index is 1.95. The van der Waals surface area contributed by atoms with Crippen LogP contribution in [0.1, 0.15) is 36.0 Å². The number of primary amides is 1. The first-order valence-electron chi connectivity index (χ1n) is 7.05. The molecule has 0 bridgehead atoms. The van der Waals surface area contributed by atoms with E-state index in [2.05, 4.69) is 5.32 Å². The van der Waals surface area contributed by atoms with Crippen LogP contribution in [0.3, 0.4) is 0 Å². The zero-order chi connectivity index (χ0) is 15.4. The molecule has 21 heavy (non-hydrogen) atoms. The van der Waals surface area contributed by atoms with Crippen LogP contribution >= 0.6 is 0 Å². The number of hydrogen-bond donors (Lipinski definition) is 3. The van der Waals surface area contributed by atoms with Gasteiger partial charge in [-0.05, 0) is 43.9 Å². The van der Waals surface area contributed by atoms with Gasteiger partial charge in [0.25, 0.3) is 5.91 Å². The summed E-state index contributed by atoms with van der Waals surface area (Å²) in [4.78, 5) is 23.3. The van der Waals surface area contributed by atoms with E-state index in [0.717, 1.165) is 25.7 Å². The molecule has 0 aliphatic heterocycles. The Morgan fingerprint density at radius 2 is 1.90 bits per heavy atom. The number of anilines is 1. The van der Waals surface area contributed by atoms with E-state index < -0.39 is 0 Å². The second-order valence-corrected chi connectivity index (χ2v) is 5.38. The Morgan fingerprint density at radius 3 is 2.48 bits per heavy atom. The monoisotopic (exact) mass is 291 g/mol. The second kappa shape index (κ2) is 6.47. The highest BCUT2D eigenvalue weighted by Gasteiger charge is 2.25. The summed E-state index contributed by atoms with van der Waals surface area (Å²) in [5.41, 5.74) is 12.0. The lowest BCUT2D eigenvalue weighted by atomic mass is 9.85. The molecule has 0 saturated heterocycles. The molecule has 2 rings (SSSR count). The molecule has 0 radical (unpaired) electrons. The van der Waals surface area contributed by atoms with Gasteiger partial charge in [-0.1, -0.05) is 0 Å². The molecular formula is C15H21N3O3. The van der Waals surface area contributed by atoms with E-state index in [4.69, 9.17) is 16.2 Å². The number of ether oxygens (including phenoxy) is 1. The average Bonchev–Trinajstić information content (AvgIpc) is 2.48. The third-order valence-electron chi connectivity index (χ3n) is 3.96. The Hall–Kier alpha value is -2.24. The standard InChI is InChI=1S/C15H21N3O3/c1-21-13-8-10(4-7-12(13)16)15(20)18-11-5-2-9(3-6-11)14(17)19/h4,7-9,11H,2-3,5-6,16H2,1H3,(H2,17,19)(H,18,20). The lowest BCUT2D eigenvalue weighted by Gasteiger charge is -2.27. The van der Waals surface area contributed by atoms with Crippen LogP contribution in [-0.2, 0) is 4.79 Å². The summed E-state index contributed by atoms with van der Waals surface area (Å²) in [6.07, 6.45) is 2.99. The number of methoxy groups -OCH3 is 1. The molecular weight excluding hydrogens is 270 g/mol. The van der Waals surface area contributed by atoms with Crippen molar-refractivity contribution >= 4 is 17.5 Å². The molecule has 5 N–H and O–H groups in total. The Kier molecular flexibility index (Phi) is 4.67. The van der Waals surface area contributed by atoms with Gasteiger partial charge in [0.1, 0.15) is 5.75 Å². The molecule has 0 spiro atoms. The molecule has 2 amide bonds. The highest BCUT2D eigenvalue weighted by atomic mass is 16.5. The number of nitrogen functional groups attached to an aromatic ring is 1. The van der Waals surface area contributed by atoms with E-state index in [1.54, 1.807) is 18.2 Å². The van der Waals surface area contributed by atoms with Crippen LogP contribution in [0.15, 0.2) is 18.2 Å². The van der Waals surface area contributed by atoms with Gasteiger partial charge in [-0.2, -0.15) is 0 Å². The molecule has 0 aromatic heterocycles. The molecule has 1 aromatic carbocycles. The molecule has 1 saturated carbocycles. The van der Waals surface area contributed by atoms with Crippen molar-refractivity contribution in [2.75, 3.05) is 12.8 Å². The lowest BCUT2D eigenvalue weighted by molar-refractivity contribution is -0.122. The van der Waals surface area contributed by atoms with Crippen molar-refractivity contribution in [3.63, 3.8) is 0 Å². The zero-order valence-corrected chi connectivity index (χ0v) is 12.1. The number of hydrogen-bond acceptors (Lipinski definition) is 4. The number of carbonyl (C=O) groups excluding carboxylic acids is 2. The maximum atomic E-state index is 12.2. The number of benzene rings is 1. The van der Waals surface area contributed by atoms with Crippen molar-refractivity contribution in [1.29, 1.82) is 0 Å². The van der Waals surface area contributed by atoms with E-state index in [1.165, 1.54) is 7.11 Å². The van der Waals surface area contributed by atoms with E-state index in [-0.39, 0.29) is 23.8 Å². The van der Waals surface area contributed by atoms with E-state index in [1.807, 2.05) is 0 Å². The van der Waals surface area contributed by atoms with Gasteiger partial charge < -0.3 is 21.5 Å². The molecule has 114 valence electrons. The summed E-state index contributed by atoms with van der Waals surface area (Å²) in [6.45, 7) is 0. The smallest absolute Gasteiger partial charge is 0.251 e. The van der Waals surface area contributed by atoms with Gasteiger partial charge >= 0.3 is 0 Å². The van der Waals surface area contributed by atoms with Crippen LogP contribution < -0.4 is 21.5 Å². The minimum absolute atomic E-state index is 0.0604. The van der Waals surface area contributed by atoms with Crippen LogP contribution in [0.25, 0.3) is 0 Å². The number of nitrogens with one attached hydrogen (secondary N) is 1. The highest BCUT2D eigenvalue weighted by Crippen LogP contribution is 2.25. The molecule has 1 fully saturated rings. The van der Waals surface area contributed by atoms with Crippen LogP contribution in [0.5, 0.6) is 5.75 Å². The highest BCUT2D eigenvalue weighted by molar-refractivity contribution is 5.95. The van der Waals surface area contributed by atoms with Crippen molar-refractivity contribution < 1.29 is 14.3 Å². The second-order valence-electron chi connectivity index (χ2n) is 5.38. The quantitative estimate of drug-likeness (QED) is 0.721. The van der Waals surface area contributed by atoms with Gasteiger partial charge in [0.15, 0.2) is 0 Å². The summed E-state index contributed by atoms with van der Waals surface area (Å²) in [7, 11) is 1.51. The lowest BCUT2D eigenvalue weighted by Crippen LogP contribution is -2.39. The van der Waals surface area contributed by atoms with Crippen LogP contribution in [0.4, 0.5) is 5.69 Å². The Labute approximate surface area is 123 Å². The summed E-state index contributed by atoms with van der Waals surface area (Å²) in [5, 5.41) is 2.98. The van der Waals surface area contributed by atoms with Crippen molar-refractivity contribution in [2.24, 2.45) is 11.7 Å². The molecule has 6 nitrogen and oxygen atoms in total. The van der Waals surface area contributed by atoms with Crippen LogP contribution in [-0.4, -0.2) is 25.0 Å². The van der Waals surface area contributed by atoms with Gasteiger partial charge in [-0.25, -0.2) is 0 Å². The zero-order valence-electron chi connectivity index (χ0n) is 12.1. The summed E-state index contributed by atoms with van der Waals surface area (Å²) in [5.74, 6) is 0.0220. The Bertz CT molecular complexity index is 537. The predicted octanol–water partition coefficient (Wildman–Crippen LogP) is 1.05. The van der Waals surface area contributed by atoms with Crippen molar-refractivity contribution in [1.82, 2.24) is 5.32 Å². The minimum Gasteiger partial charge on any atom is -0.495 e. The fraction of sp³-hybridized carbons (Fsp3) is 0.467. The number of nitrogens with two attached hydrogens (primary N) is 2. The van der Waals surface area contributed by atoms with E-state index in [0.29, 0.717) is 17.0 Å². The largest absolute Gasteiger partial charge is 0.495 e. The average molecular weight is 291 g/mol. The number of carbonyl (C=O) groups is 2. The van der Waals surface area contributed by atoms with Gasteiger partial charge in [-0.15, -0.1) is 0 Å². The van der Waals surface area contributed by atoms with Gasteiger partial charge in [0, 0.05) is 17.5 Å². The normalized spacial score (nSPS) is 21.6. The molecule has 1 aliphatic carbocycles. The van der Waals surface area contributed by atoms with Gasteiger partial charge in [0.2, 0.25) is 5.91 Å². The fourth-order valence-corrected chi connectivity index (χ4v) is 2.64. The fourth-order valence-electron chi connectivity index (χ4n) is 2.64.